The van der Waals surface area contributed by atoms with Gasteiger partial charge in [0.05, 0.1) is 5.69 Å². The van der Waals surface area contributed by atoms with Gasteiger partial charge < -0.3 is 10.2 Å². The summed E-state index contributed by atoms with van der Waals surface area (Å²) in [6, 6.07) is 2.10. The van der Waals surface area contributed by atoms with Crippen LogP contribution in [0.2, 0.25) is 0 Å². The van der Waals surface area contributed by atoms with Gasteiger partial charge in [0.2, 0.25) is 5.95 Å². The molecule has 0 unspecified atom stereocenters. The van der Waals surface area contributed by atoms with Crippen LogP contribution in [-0.4, -0.2) is 30.6 Å². The molecule has 1 saturated carbocycles. The van der Waals surface area contributed by atoms with E-state index in [-0.39, 0.29) is 0 Å². The highest BCUT2D eigenvalue weighted by atomic mass is 15.2. The van der Waals surface area contributed by atoms with Gasteiger partial charge in [-0.05, 0) is 19.3 Å². The fraction of sp³-hybridized carbons (Fsp3) is 0.667. The van der Waals surface area contributed by atoms with Gasteiger partial charge in [0, 0.05) is 32.6 Å². The molecule has 1 aromatic heterocycles. The Bertz CT molecular complexity index is 338. The van der Waals surface area contributed by atoms with Crippen molar-refractivity contribution < 1.29 is 0 Å². The van der Waals surface area contributed by atoms with Crippen molar-refractivity contribution in [3.05, 3.63) is 11.8 Å². The fourth-order valence-electron chi connectivity index (χ4n) is 1.58. The number of anilines is 2. The monoisotopic (exact) mass is 220 g/mol. The van der Waals surface area contributed by atoms with Crippen LogP contribution in [0.1, 0.15) is 37.8 Å². The Hall–Kier alpha value is -1.32. The predicted octanol–water partition coefficient (Wildman–Crippen LogP) is 2.24. The summed E-state index contributed by atoms with van der Waals surface area (Å²) in [5, 5.41) is 3.33. The molecule has 0 aromatic carbocycles. The minimum Gasteiger partial charge on any atom is -0.370 e. The van der Waals surface area contributed by atoms with Crippen molar-refractivity contribution in [2.75, 3.05) is 30.9 Å². The topological polar surface area (TPSA) is 41.1 Å². The molecule has 2 rings (SSSR count). The third-order valence-electron chi connectivity index (χ3n) is 2.69. The zero-order valence-electron chi connectivity index (χ0n) is 10.3. The van der Waals surface area contributed by atoms with Gasteiger partial charge >= 0.3 is 0 Å². The number of hydrogen-bond donors (Lipinski definition) is 1. The van der Waals surface area contributed by atoms with Gasteiger partial charge in [0.25, 0.3) is 0 Å². The van der Waals surface area contributed by atoms with Gasteiger partial charge in [-0.3, -0.25) is 0 Å². The summed E-state index contributed by atoms with van der Waals surface area (Å²) in [5.41, 5.74) is 1.19. The van der Waals surface area contributed by atoms with E-state index >= 15 is 0 Å². The molecular formula is C12H20N4. The maximum atomic E-state index is 4.58. The van der Waals surface area contributed by atoms with Gasteiger partial charge in [0.1, 0.15) is 5.82 Å². The van der Waals surface area contributed by atoms with Crippen LogP contribution in [0.5, 0.6) is 0 Å². The maximum absolute atomic E-state index is 4.58. The summed E-state index contributed by atoms with van der Waals surface area (Å²) in [6.45, 7) is 3.12. The minimum atomic E-state index is 0.670. The number of aromatic nitrogens is 2. The molecule has 0 saturated heterocycles. The van der Waals surface area contributed by atoms with Crippen LogP contribution in [0.15, 0.2) is 6.07 Å². The summed E-state index contributed by atoms with van der Waals surface area (Å²) in [5.74, 6) is 2.44. The van der Waals surface area contributed by atoms with Crippen LogP contribution in [0.4, 0.5) is 11.8 Å². The van der Waals surface area contributed by atoms with Crippen LogP contribution in [0, 0.1) is 0 Å². The normalized spacial score (nSPS) is 14.9. The lowest BCUT2D eigenvalue weighted by molar-refractivity contribution is 0.915. The molecule has 4 heteroatoms. The van der Waals surface area contributed by atoms with E-state index in [9.17, 15) is 0 Å². The highest BCUT2D eigenvalue weighted by Gasteiger charge is 2.26. The first-order chi connectivity index (χ1) is 7.70. The zero-order valence-corrected chi connectivity index (χ0v) is 10.3. The van der Waals surface area contributed by atoms with Gasteiger partial charge in [0.15, 0.2) is 0 Å². The third kappa shape index (κ3) is 2.62. The lowest BCUT2D eigenvalue weighted by Gasteiger charge is -2.14. The van der Waals surface area contributed by atoms with Gasteiger partial charge in [-0.25, -0.2) is 4.98 Å². The Labute approximate surface area is 97.1 Å². The second-order valence-electron chi connectivity index (χ2n) is 4.57. The number of nitrogens with zero attached hydrogens (tertiary/aromatic N) is 3. The van der Waals surface area contributed by atoms with E-state index in [4.69, 9.17) is 0 Å². The van der Waals surface area contributed by atoms with Crippen molar-refractivity contribution in [2.45, 2.75) is 32.1 Å². The lowest BCUT2D eigenvalue weighted by atomic mass is 10.3. The van der Waals surface area contributed by atoms with Crippen LogP contribution in [0.3, 0.4) is 0 Å². The Morgan fingerprint density at radius 1 is 1.38 bits per heavy atom. The molecule has 0 aliphatic heterocycles. The van der Waals surface area contributed by atoms with Crippen molar-refractivity contribution in [1.82, 2.24) is 9.97 Å². The van der Waals surface area contributed by atoms with Crippen LogP contribution < -0.4 is 10.2 Å². The molecule has 1 aromatic rings. The maximum Gasteiger partial charge on any atom is 0.227 e. The van der Waals surface area contributed by atoms with Gasteiger partial charge in [-0.15, -0.1) is 0 Å². The van der Waals surface area contributed by atoms with E-state index in [1.54, 1.807) is 0 Å². The summed E-state index contributed by atoms with van der Waals surface area (Å²) in [7, 11) is 3.96. The Balaban J connectivity index is 2.21. The summed E-state index contributed by atoms with van der Waals surface area (Å²) < 4.78 is 0. The second kappa shape index (κ2) is 4.68. The molecule has 4 nitrogen and oxygen atoms in total. The second-order valence-corrected chi connectivity index (χ2v) is 4.57. The highest BCUT2D eigenvalue weighted by Crippen LogP contribution is 2.39. The average molecular weight is 220 g/mol. The quantitative estimate of drug-likeness (QED) is 0.826. The van der Waals surface area contributed by atoms with Crippen molar-refractivity contribution >= 4 is 11.8 Å². The first-order valence-electron chi connectivity index (χ1n) is 6.01. The van der Waals surface area contributed by atoms with E-state index in [0.717, 1.165) is 24.7 Å². The molecule has 1 fully saturated rings. The molecule has 0 bridgehead atoms. The molecular weight excluding hydrogens is 200 g/mol. The Kier molecular flexibility index (Phi) is 3.27. The fourth-order valence-corrected chi connectivity index (χ4v) is 1.58. The van der Waals surface area contributed by atoms with E-state index in [2.05, 4.69) is 28.3 Å². The van der Waals surface area contributed by atoms with Crippen LogP contribution >= 0.6 is 0 Å². The summed E-state index contributed by atoms with van der Waals surface area (Å²) in [6.07, 6.45) is 3.66. The molecule has 0 atom stereocenters. The number of hydrogen-bond acceptors (Lipinski definition) is 4. The first kappa shape index (κ1) is 11.2. The molecule has 1 heterocycles. The van der Waals surface area contributed by atoms with Gasteiger partial charge in [-0.1, -0.05) is 6.92 Å². The Morgan fingerprint density at radius 2 is 2.12 bits per heavy atom. The Morgan fingerprint density at radius 3 is 2.69 bits per heavy atom. The average Bonchev–Trinajstić information content (AvgIpc) is 3.09. The van der Waals surface area contributed by atoms with E-state index in [1.165, 1.54) is 18.5 Å². The molecule has 0 radical (unpaired) electrons. The van der Waals surface area contributed by atoms with E-state index in [1.807, 2.05) is 19.0 Å². The van der Waals surface area contributed by atoms with E-state index < -0.39 is 0 Å². The van der Waals surface area contributed by atoms with Crippen molar-refractivity contribution in [3.63, 3.8) is 0 Å². The molecule has 0 spiro atoms. The summed E-state index contributed by atoms with van der Waals surface area (Å²) >= 11 is 0. The smallest absolute Gasteiger partial charge is 0.227 e. The molecule has 88 valence electrons. The summed E-state index contributed by atoms with van der Waals surface area (Å²) in [4.78, 5) is 11.0. The standard InChI is InChI=1S/C12H20N4/c1-4-7-13-11-8-10(9-5-6-9)14-12(15-11)16(2)3/h8-9H,4-7H2,1-3H3,(H,13,14,15). The SMILES string of the molecule is CCCNc1cc(C2CC2)nc(N(C)C)n1. The zero-order chi connectivity index (χ0) is 11.5. The highest BCUT2D eigenvalue weighted by molar-refractivity contribution is 5.44. The molecule has 1 aliphatic carbocycles. The van der Waals surface area contributed by atoms with Crippen LogP contribution in [0.25, 0.3) is 0 Å². The largest absolute Gasteiger partial charge is 0.370 e. The minimum absolute atomic E-state index is 0.670. The van der Waals surface area contributed by atoms with Crippen LogP contribution in [-0.2, 0) is 0 Å². The predicted molar refractivity (Wildman–Crippen MR) is 67.1 cm³/mol. The van der Waals surface area contributed by atoms with Crippen molar-refractivity contribution in [3.8, 4) is 0 Å². The van der Waals surface area contributed by atoms with Crippen molar-refractivity contribution in [1.29, 1.82) is 0 Å². The molecule has 0 amide bonds. The third-order valence-corrected chi connectivity index (χ3v) is 2.69. The molecule has 1 N–H and O–H groups in total. The molecule has 16 heavy (non-hydrogen) atoms. The molecule has 1 aliphatic rings. The first-order valence-corrected chi connectivity index (χ1v) is 6.01. The van der Waals surface area contributed by atoms with Crippen molar-refractivity contribution in [2.24, 2.45) is 0 Å². The van der Waals surface area contributed by atoms with Gasteiger partial charge in [-0.2, -0.15) is 4.98 Å². The lowest BCUT2D eigenvalue weighted by Crippen LogP contribution is -2.15. The number of rotatable bonds is 5. The number of nitrogens with one attached hydrogen (secondary N) is 1. The van der Waals surface area contributed by atoms with E-state index in [0.29, 0.717) is 5.92 Å².